The summed E-state index contributed by atoms with van der Waals surface area (Å²) in [6, 6.07) is 4.13. The topological polar surface area (TPSA) is 44.1 Å². The number of ketones is 1. The molecule has 0 unspecified atom stereocenters. The van der Waals surface area contributed by atoms with Gasteiger partial charge in [0.05, 0.1) is 17.8 Å². The number of rotatable bonds is 4. The first-order valence-corrected chi connectivity index (χ1v) is 5.94. The quantitative estimate of drug-likeness (QED) is 0.815. The Kier molecular flexibility index (Phi) is 3.76. The highest BCUT2D eigenvalue weighted by Gasteiger charge is 2.11. The molecule has 0 bridgehead atoms. The average Bonchev–Trinajstić information content (AvgIpc) is 2.74. The molecule has 0 aliphatic rings. The summed E-state index contributed by atoms with van der Waals surface area (Å²) in [4.78, 5) is 11.9. The summed E-state index contributed by atoms with van der Waals surface area (Å²) in [5.74, 6) is -0.648. The molecule has 2 aromatic rings. The number of Topliss-reactive ketones (excluding diaryl/α,β-unsaturated/α-hetero) is 1. The first-order valence-electron chi connectivity index (χ1n) is 5.15. The summed E-state index contributed by atoms with van der Waals surface area (Å²) >= 11 is 3.24. The first-order chi connectivity index (χ1) is 8.60. The van der Waals surface area contributed by atoms with Crippen LogP contribution in [-0.2, 0) is 6.54 Å². The van der Waals surface area contributed by atoms with Crippen LogP contribution >= 0.6 is 15.9 Å². The number of nitrogens with zero attached hydrogens (tertiary/aromatic N) is 2. The fourth-order valence-corrected chi connectivity index (χ4v) is 1.83. The van der Waals surface area contributed by atoms with E-state index in [-0.39, 0.29) is 18.1 Å². The van der Waals surface area contributed by atoms with Gasteiger partial charge in [-0.25, -0.2) is 4.39 Å². The van der Waals surface area contributed by atoms with E-state index in [0.29, 0.717) is 5.56 Å². The smallest absolute Gasteiger partial charge is 0.184 e. The molecule has 0 aliphatic carbocycles. The number of hydrogen-bond donors (Lipinski definition) is 0. The van der Waals surface area contributed by atoms with Gasteiger partial charge in [-0.15, -0.1) is 0 Å². The van der Waals surface area contributed by atoms with E-state index in [0.717, 1.165) is 4.47 Å². The first kappa shape index (κ1) is 12.8. The third-order valence-electron chi connectivity index (χ3n) is 2.38. The van der Waals surface area contributed by atoms with Crippen molar-refractivity contribution < 1.29 is 13.9 Å². The Balaban J connectivity index is 2.16. The zero-order valence-electron chi connectivity index (χ0n) is 9.56. The Bertz CT molecular complexity index is 583. The molecule has 1 heterocycles. The molecule has 0 amide bonds. The van der Waals surface area contributed by atoms with Crippen molar-refractivity contribution >= 4 is 21.7 Å². The van der Waals surface area contributed by atoms with Gasteiger partial charge >= 0.3 is 0 Å². The lowest BCUT2D eigenvalue weighted by Gasteiger charge is -2.04. The number of carbonyl (C=O) groups excluding carboxylic acids is 1. The highest BCUT2D eigenvalue weighted by Crippen LogP contribution is 2.18. The normalized spacial score (nSPS) is 10.4. The van der Waals surface area contributed by atoms with Gasteiger partial charge in [0.25, 0.3) is 0 Å². The Morgan fingerprint density at radius 2 is 2.33 bits per heavy atom. The minimum atomic E-state index is -0.551. The number of aromatic nitrogens is 2. The molecular weight excluding hydrogens is 303 g/mol. The predicted molar refractivity (Wildman–Crippen MR) is 67.2 cm³/mol. The number of benzene rings is 1. The van der Waals surface area contributed by atoms with Crippen LogP contribution in [0.5, 0.6) is 5.75 Å². The Labute approximate surface area is 111 Å². The summed E-state index contributed by atoms with van der Waals surface area (Å²) in [5.41, 5.74) is 0.292. The van der Waals surface area contributed by atoms with Crippen molar-refractivity contribution in [3.8, 4) is 5.75 Å². The van der Waals surface area contributed by atoms with Crippen LogP contribution in [0.1, 0.15) is 10.4 Å². The second kappa shape index (κ2) is 5.30. The summed E-state index contributed by atoms with van der Waals surface area (Å²) in [5, 5.41) is 3.97. The molecule has 0 atom stereocenters. The van der Waals surface area contributed by atoms with Crippen molar-refractivity contribution in [1.82, 2.24) is 9.78 Å². The monoisotopic (exact) mass is 312 g/mol. The van der Waals surface area contributed by atoms with Gasteiger partial charge in [-0.05, 0) is 34.1 Å². The molecule has 0 aliphatic heterocycles. The van der Waals surface area contributed by atoms with Gasteiger partial charge in [-0.1, -0.05) is 0 Å². The minimum Gasteiger partial charge on any atom is -0.494 e. The van der Waals surface area contributed by atoms with Crippen LogP contribution in [0.3, 0.4) is 0 Å². The van der Waals surface area contributed by atoms with Gasteiger partial charge in [-0.3, -0.25) is 9.48 Å². The maximum atomic E-state index is 13.4. The SMILES string of the molecule is COc1ccc(C(=O)Cn2cc(Br)cn2)cc1F. The molecule has 4 nitrogen and oxygen atoms in total. The molecule has 6 heteroatoms. The fourth-order valence-electron chi connectivity index (χ4n) is 1.50. The molecule has 2 rings (SSSR count). The number of carbonyl (C=O) groups is 1. The molecule has 0 radical (unpaired) electrons. The van der Waals surface area contributed by atoms with E-state index in [2.05, 4.69) is 21.0 Å². The van der Waals surface area contributed by atoms with Crippen LogP contribution in [-0.4, -0.2) is 22.7 Å². The van der Waals surface area contributed by atoms with E-state index >= 15 is 0 Å². The van der Waals surface area contributed by atoms with E-state index in [9.17, 15) is 9.18 Å². The highest BCUT2D eigenvalue weighted by atomic mass is 79.9. The van der Waals surface area contributed by atoms with Gasteiger partial charge in [-0.2, -0.15) is 5.10 Å². The molecule has 0 fully saturated rings. The lowest BCUT2D eigenvalue weighted by atomic mass is 10.1. The number of hydrogen-bond acceptors (Lipinski definition) is 3. The van der Waals surface area contributed by atoms with Gasteiger partial charge in [0, 0.05) is 11.8 Å². The highest BCUT2D eigenvalue weighted by molar-refractivity contribution is 9.10. The van der Waals surface area contributed by atoms with Crippen molar-refractivity contribution in [2.45, 2.75) is 6.54 Å². The number of methoxy groups -OCH3 is 1. The summed E-state index contributed by atoms with van der Waals surface area (Å²) < 4.78 is 20.5. The van der Waals surface area contributed by atoms with Crippen molar-refractivity contribution in [1.29, 1.82) is 0 Å². The lowest BCUT2D eigenvalue weighted by molar-refractivity contribution is 0.0967. The fraction of sp³-hybridized carbons (Fsp3) is 0.167. The van der Waals surface area contributed by atoms with Gasteiger partial charge < -0.3 is 4.74 Å². The van der Waals surface area contributed by atoms with Crippen LogP contribution in [0.2, 0.25) is 0 Å². The summed E-state index contributed by atoms with van der Waals surface area (Å²) in [6.45, 7) is 0.0668. The summed E-state index contributed by atoms with van der Waals surface area (Å²) in [7, 11) is 1.38. The van der Waals surface area contributed by atoms with Crippen molar-refractivity contribution in [3.05, 3.63) is 46.4 Å². The van der Waals surface area contributed by atoms with E-state index in [1.807, 2.05) is 0 Å². The molecule has 0 saturated heterocycles. The van der Waals surface area contributed by atoms with Gasteiger partial charge in [0.15, 0.2) is 17.3 Å². The van der Waals surface area contributed by atoms with Crippen LogP contribution in [0, 0.1) is 5.82 Å². The third-order valence-corrected chi connectivity index (χ3v) is 2.79. The van der Waals surface area contributed by atoms with E-state index < -0.39 is 5.82 Å². The third kappa shape index (κ3) is 2.76. The van der Waals surface area contributed by atoms with E-state index in [1.54, 1.807) is 12.4 Å². The van der Waals surface area contributed by atoms with Crippen molar-refractivity contribution in [2.75, 3.05) is 7.11 Å². The Hall–Kier alpha value is -1.69. The van der Waals surface area contributed by atoms with Crippen LogP contribution in [0.4, 0.5) is 4.39 Å². The minimum absolute atomic E-state index is 0.0668. The maximum Gasteiger partial charge on any atom is 0.184 e. The zero-order valence-corrected chi connectivity index (χ0v) is 11.1. The van der Waals surface area contributed by atoms with Crippen LogP contribution in [0.25, 0.3) is 0 Å². The van der Waals surface area contributed by atoms with E-state index in [1.165, 1.54) is 30.0 Å². The molecule has 1 aromatic carbocycles. The molecule has 0 N–H and O–H groups in total. The summed E-state index contributed by atoms with van der Waals surface area (Å²) in [6.07, 6.45) is 3.26. The molecule has 0 saturated carbocycles. The lowest BCUT2D eigenvalue weighted by Crippen LogP contribution is -2.11. The number of ether oxygens (including phenoxy) is 1. The van der Waals surface area contributed by atoms with Gasteiger partial charge in [0.1, 0.15) is 6.54 Å². The predicted octanol–water partition coefficient (Wildman–Crippen LogP) is 2.68. The van der Waals surface area contributed by atoms with Crippen LogP contribution in [0.15, 0.2) is 35.1 Å². The number of halogens is 2. The average molecular weight is 313 g/mol. The van der Waals surface area contributed by atoms with Crippen LogP contribution < -0.4 is 4.74 Å². The Morgan fingerprint density at radius 3 is 2.89 bits per heavy atom. The second-order valence-electron chi connectivity index (χ2n) is 3.63. The molecule has 18 heavy (non-hydrogen) atoms. The molecule has 0 spiro atoms. The maximum absolute atomic E-state index is 13.4. The van der Waals surface area contributed by atoms with E-state index in [4.69, 9.17) is 4.74 Å². The van der Waals surface area contributed by atoms with Crippen molar-refractivity contribution in [2.24, 2.45) is 0 Å². The zero-order chi connectivity index (χ0) is 13.1. The standard InChI is InChI=1S/C12H10BrFN2O2/c1-18-12-3-2-8(4-10(12)14)11(17)7-16-6-9(13)5-15-16/h2-6H,7H2,1H3. The largest absolute Gasteiger partial charge is 0.494 e. The van der Waals surface area contributed by atoms with Crippen molar-refractivity contribution in [3.63, 3.8) is 0 Å². The molecular formula is C12H10BrFN2O2. The second-order valence-corrected chi connectivity index (χ2v) is 4.54. The van der Waals surface area contributed by atoms with Gasteiger partial charge in [0.2, 0.25) is 0 Å². The molecule has 94 valence electrons. The molecule has 1 aromatic heterocycles. The Morgan fingerprint density at radius 1 is 1.56 bits per heavy atom.